The van der Waals surface area contributed by atoms with E-state index >= 15 is 0 Å². The fourth-order valence-electron chi connectivity index (χ4n) is 3.19. The monoisotopic (exact) mass is 470 g/mol. The molecule has 0 aromatic heterocycles. The summed E-state index contributed by atoms with van der Waals surface area (Å²) in [6, 6.07) is 11.8. The molecule has 32 heavy (non-hydrogen) atoms. The van der Waals surface area contributed by atoms with E-state index in [2.05, 4.69) is 15.4 Å². The minimum absolute atomic E-state index is 0.128. The lowest BCUT2D eigenvalue weighted by molar-refractivity contribution is -0.274. The fourth-order valence-corrected chi connectivity index (χ4v) is 3.31. The zero-order valence-corrected chi connectivity index (χ0v) is 17.7. The van der Waals surface area contributed by atoms with Crippen molar-refractivity contribution in [2.45, 2.75) is 6.36 Å². The Labute approximate surface area is 188 Å². The number of halogens is 4. The number of nitrogens with zero attached hydrogens (tertiary/aromatic N) is 2. The van der Waals surface area contributed by atoms with Crippen LogP contribution in [-0.2, 0) is 9.59 Å². The van der Waals surface area contributed by atoms with Gasteiger partial charge in [-0.15, -0.1) is 13.2 Å². The molecule has 3 rings (SSSR count). The average molecular weight is 471 g/mol. The first-order chi connectivity index (χ1) is 15.2. The maximum absolute atomic E-state index is 12.2. The molecule has 1 aliphatic rings. The van der Waals surface area contributed by atoms with Crippen molar-refractivity contribution in [3.05, 3.63) is 53.6 Å². The number of benzene rings is 2. The molecule has 2 N–H and O–H groups in total. The Morgan fingerprint density at radius 2 is 1.22 bits per heavy atom. The van der Waals surface area contributed by atoms with Crippen LogP contribution in [0.4, 0.5) is 24.5 Å². The lowest BCUT2D eigenvalue weighted by Crippen LogP contribution is -2.50. The van der Waals surface area contributed by atoms with Crippen LogP contribution in [0.5, 0.6) is 5.75 Å². The largest absolute Gasteiger partial charge is 0.573 e. The van der Waals surface area contributed by atoms with Crippen molar-refractivity contribution in [3.63, 3.8) is 0 Å². The van der Waals surface area contributed by atoms with E-state index in [1.807, 2.05) is 9.80 Å². The standard InChI is InChI=1S/C21H22ClF3N4O3/c22-15-1-3-16(4-2-15)26-19(30)13-28-9-11-29(12-10-28)14-20(31)27-17-5-7-18(8-6-17)32-21(23,24)25/h1-8H,9-14H2,(H,26,30)(H,27,31). The van der Waals surface area contributed by atoms with Crippen LogP contribution in [0.1, 0.15) is 0 Å². The Balaban J connectivity index is 1.37. The number of amides is 2. The summed E-state index contributed by atoms with van der Waals surface area (Å²) < 4.78 is 40.4. The normalized spacial score (nSPS) is 15.2. The molecular formula is C21H22ClF3N4O3. The van der Waals surface area contributed by atoms with Crippen LogP contribution in [0.3, 0.4) is 0 Å². The Hall–Kier alpha value is -2.82. The van der Waals surface area contributed by atoms with Gasteiger partial charge in [0.05, 0.1) is 13.1 Å². The first-order valence-corrected chi connectivity index (χ1v) is 10.2. The highest BCUT2D eigenvalue weighted by atomic mass is 35.5. The second-order valence-electron chi connectivity index (χ2n) is 7.23. The molecule has 0 unspecified atom stereocenters. The number of carbonyl (C=O) groups is 2. The van der Waals surface area contributed by atoms with Crippen molar-refractivity contribution in [2.24, 2.45) is 0 Å². The molecule has 1 heterocycles. The first kappa shape index (κ1) is 23.8. The van der Waals surface area contributed by atoms with E-state index in [1.54, 1.807) is 24.3 Å². The molecule has 2 aromatic carbocycles. The van der Waals surface area contributed by atoms with Crippen molar-refractivity contribution >= 4 is 34.8 Å². The molecule has 1 saturated heterocycles. The molecule has 7 nitrogen and oxygen atoms in total. The zero-order valence-electron chi connectivity index (χ0n) is 17.0. The zero-order chi connectivity index (χ0) is 23.1. The number of ether oxygens (including phenoxy) is 1. The van der Waals surface area contributed by atoms with Crippen LogP contribution in [0, 0.1) is 0 Å². The van der Waals surface area contributed by atoms with Crippen LogP contribution in [0.15, 0.2) is 48.5 Å². The molecule has 0 radical (unpaired) electrons. The highest BCUT2D eigenvalue weighted by Crippen LogP contribution is 2.24. The number of carbonyl (C=O) groups excluding carboxylic acids is 2. The maximum atomic E-state index is 12.2. The fraction of sp³-hybridized carbons (Fsp3) is 0.333. The first-order valence-electron chi connectivity index (χ1n) is 9.82. The minimum atomic E-state index is -4.76. The van der Waals surface area contributed by atoms with Crippen molar-refractivity contribution in [3.8, 4) is 5.75 Å². The average Bonchev–Trinajstić information content (AvgIpc) is 2.71. The number of hydrogen-bond donors (Lipinski definition) is 2. The van der Waals surface area contributed by atoms with Gasteiger partial charge in [0.1, 0.15) is 5.75 Å². The predicted octanol–water partition coefficient (Wildman–Crippen LogP) is 3.43. The molecule has 2 amide bonds. The highest BCUT2D eigenvalue weighted by molar-refractivity contribution is 6.30. The second-order valence-corrected chi connectivity index (χ2v) is 7.66. The van der Waals surface area contributed by atoms with Crippen LogP contribution in [0.25, 0.3) is 0 Å². The van der Waals surface area contributed by atoms with Gasteiger partial charge in [-0.25, -0.2) is 0 Å². The summed E-state index contributed by atoms with van der Waals surface area (Å²) in [6.45, 7) is 2.87. The number of anilines is 2. The van der Waals surface area contributed by atoms with Crippen molar-refractivity contribution in [1.29, 1.82) is 0 Å². The lowest BCUT2D eigenvalue weighted by atomic mass is 10.2. The summed E-state index contributed by atoms with van der Waals surface area (Å²) in [7, 11) is 0. The van der Waals surface area contributed by atoms with Gasteiger partial charge in [-0.3, -0.25) is 19.4 Å². The van der Waals surface area contributed by atoms with E-state index < -0.39 is 6.36 Å². The summed E-state index contributed by atoms with van der Waals surface area (Å²) in [5.41, 5.74) is 1.05. The van der Waals surface area contributed by atoms with Gasteiger partial charge >= 0.3 is 6.36 Å². The van der Waals surface area contributed by atoms with Gasteiger partial charge in [0.25, 0.3) is 0 Å². The minimum Gasteiger partial charge on any atom is -0.406 e. The van der Waals surface area contributed by atoms with Gasteiger partial charge in [-0.1, -0.05) is 11.6 Å². The van der Waals surface area contributed by atoms with Gasteiger partial charge in [-0.05, 0) is 48.5 Å². The number of alkyl halides is 3. The third kappa shape index (κ3) is 8.03. The van der Waals surface area contributed by atoms with Gasteiger partial charge in [0, 0.05) is 42.6 Å². The summed E-state index contributed by atoms with van der Waals surface area (Å²) >= 11 is 5.83. The number of nitrogens with one attached hydrogen (secondary N) is 2. The van der Waals surface area contributed by atoms with Gasteiger partial charge in [0.2, 0.25) is 11.8 Å². The van der Waals surface area contributed by atoms with E-state index in [1.165, 1.54) is 12.1 Å². The summed E-state index contributed by atoms with van der Waals surface area (Å²) in [5, 5.41) is 6.06. The smallest absolute Gasteiger partial charge is 0.406 e. The number of piperazine rings is 1. The summed E-state index contributed by atoms with van der Waals surface area (Å²) in [4.78, 5) is 28.4. The van der Waals surface area contributed by atoms with Crippen LogP contribution >= 0.6 is 11.6 Å². The Morgan fingerprint density at radius 1 is 0.812 bits per heavy atom. The van der Waals surface area contributed by atoms with Crippen molar-refractivity contribution in [2.75, 3.05) is 49.9 Å². The van der Waals surface area contributed by atoms with Gasteiger partial charge in [-0.2, -0.15) is 0 Å². The van der Waals surface area contributed by atoms with Crippen LogP contribution in [0.2, 0.25) is 5.02 Å². The molecule has 1 aliphatic heterocycles. The Morgan fingerprint density at radius 3 is 1.62 bits per heavy atom. The third-order valence-corrected chi connectivity index (χ3v) is 4.95. The van der Waals surface area contributed by atoms with Crippen LogP contribution < -0.4 is 15.4 Å². The summed E-state index contributed by atoms with van der Waals surface area (Å²) in [5.74, 6) is -0.758. The number of hydrogen-bond acceptors (Lipinski definition) is 5. The molecule has 0 saturated carbocycles. The van der Waals surface area contributed by atoms with E-state index in [4.69, 9.17) is 11.6 Å². The molecule has 2 aromatic rings. The molecule has 0 aliphatic carbocycles. The second kappa shape index (κ2) is 10.7. The van der Waals surface area contributed by atoms with E-state index in [0.29, 0.717) is 42.6 Å². The maximum Gasteiger partial charge on any atom is 0.573 e. The van der Waals surface area contributed by atoms with E-state index in [0.717, 1.165) is 12.1 Å². The van der Waals surface area contributed by atoms with E-state index in [9.17, 15) is 22.8 Å². The predicted molar refractivity (Wildman–Crippen MR) is 115 cm³/mol. The van der Waals surface area contributed by atoms with Gasteiger partial charge < -0.3 is 15.4 Å². The molecule has 0 bridgehead atoms. The summed E-state index contributed by atoms with van der Waals surface area (Å²) in [6.07, 6.45) is -4.76. The highest BCUT2D eigenvalue weighted by Gasteiger charge is 2.31. The molecule has 0 atom stereocenters. The SMILES string of the molecule is O=C(CN1CCN(CC(=O)Nc2ccc(OC(F)(F)F)cc2)CC1)Nc1ccc(Cl)cc1. The molecule has 1 fully saturated rings. The molecule has 0 spiro atoms. The topological polar surface area (TPSA) is 73.9 Å². The third-order valence-electron chi connectivity index (χ3n) is 4.70. The lowest BCUT2D eigenvalue weighted by Gasteiger charge is -2.33. The molecular weight excluding hydrogens is 449 g/mol. The quantitative estimate of drug-likeness (QED) is 0.648. The Kier molecular flexibility index (Phi) is 7.94. The molecule has 172 valence electrons. The van der Waals surface area contributed by atoms with Crippen LogP contribution in [-0.4, -0.2) is 67.2 Å². The van der Waals surface area contributed by atoms with Crippen molar-refractivity contribution < 1.29 is 27.5 Å². The molecule has 11 heteroatoms. The van der Waals surface area contributed by atoms with E-state index in [-0.39, 0.29) is 30.7 Å². The van der Waals surface area contributed by atoms with Crippen molar-refractivity contribution in [1.82, 2.24) is 9.80 Å². The Bertz CT molecular complexity index is 915. The van der Waals surface area contributed by atoms with Gasteiger partial charge in [0.15, 0.2) is 0 Å². The number of rotatable bonds is 7.